The maximum Gasteiger partial charge on any atom is 0.286 e. The topological polar surface area (TPSA) is 77.0 Å². The van der Waals surface area contributed by atoms with Crippen LogP contribution >= 0.6 is 27.7 Å². The van der Waals surface area contributed by atoms with Gasteiger partial charge in [0, 0.05) is 6.92 Å². The van der Waals surface area contributed by atoms with Gasteiger partial charge in [0.15, 0.2) is 16.7 Å². The molecule has 0 unspecified atom stereocenters. The number of hydrogen-bond donors (Lipinski definition) is 1. The van der Waals surface area contributed by atoms with Gasteiger partial charge in [-0.25, -0.2) is 0 Å². The highest BCUT2D eigenvalue weighted by molar-refractivity contribution is 9.10. The molecule has 8 heteroatoms. The molecule has 1 heterocycles. The fourth-order valence-electron chi connectivity index (χ4n) is 2.57. The summed E-state index contributed by atoms with van der Waals surface area (Å²) in [5.41, 5.74) is 1.80. The van der Waals surface area contributed by atoms with Crippen LogP contribution in [0.25, 0.3) is 6.08 Å². The highest BCUT2D eigenvalue weighted by atomic mass is 79.9. The lowest BCUT2D eigenvalue weighted by Gasteiger charge is -2.15. The second-order valence-corrected chi connectivity index (χ2v) is 7.94. The third-order valence-corrected chi connectivity index (χ3v) is 5.25. The summed E-state index contributed by atoms with van der Waals surface area (Å²) in [6.07, 6.45) is 1.71. The zero-order valence-corrected chi connectivity index (χ0v) is 18.3. The quantitative estimate of drug-likeness (QED) is 0.622. The molecule has 29 heavy (non-hydrogen) atoms. The Morgan fingerprint density at radius 2 is 2.00 bits per heavy atom. The van der Waals surface area contributed by atoms with Crippen molar-refractivity contribution in [2.45, 2.75) is 20.5 Å². The van der Waals surface area contributed by atoms with Crippen LogP contribution in [0.4, 0.5) is 0 Å². The molecule has 6 nitrogen and oxygen atoms in total. The molecule has 1 aliphatic rings. The van der Waals surface area contributed by atoms with E-state index in [0.29, 0.717) is 34.1 Å². The summed E-state index contributed by atoms with van der Waals surface area (Å²) in [5.74, 6) is 0.505. The van der Waals surface area contributed by atoms with E-state index in [1.165, 1.54) is 6.92 Å². The van der Waals surface area contributed by atoms with Gasteiger partial charge in [-0.05, 0) is 64.0 Å². The van der Waals surface area contributed by atoms with E-state index in [-0.39, 0.29) is 11.1 Å². The number of benzene rings is 2. The molecule has 150 valence electrons. The molecule has 0 aliphatic carbocycles. The Kier molecular flexibility index (Phi) is 7.11. The first-order chi connectivity index (χ1) is 14.0. The number of amidine groups is 1. The normalized spacial score (nSPS) is 14.7. The molecule has 1 N–H and O–H groups in total. The van der Waals surface area contributed by atoms with Gasteiger partial charge in [-0.1, -0.05) is 30.3 Å². The smallest absolute Gasteiger partial charge is 0.286 e. The van der Waals surface area contributed by atoms with Crippen LogP contribution in [-0.4, -0.2) is 23.6 Å². The van der Waals surface area contributed by atoms with E-state index in [4.69, 9.17) is 9.47 Å². The summed E-state index contributed by atoms with van der Waals surface area (Å²) in [7, 11) is 0. The van der Waals surface area contributed by atoms with Gasteiger partial charge in [0.2, 0.25) is 5.91 Å². The molecule has 1 aliphatic heterocycles. The first-order valence-electron chi connectivity index (χ1n) is 8.89. The molecule has 0 saturated heterocycles. The number of ether oxygens (including phenoxy) is 2. The number of carbonyl (C=O) groups is 2. The molecule has 0 saturated carbocycles. The number of hydrogen-bond acceptors (Lipinski definition) is 5. The number of carbonyl (C=O) groups excluding carboxylic acids is 2. The first kappa shape index (κ1) is 21.1. The average Bonchev–Trinajstić information content (AvgIpc) is 3.00. The number of amides is 2. The predicted octanol–water partition coefficient (Wildman–Crippen LogP) is 4.53. The van der Waals surface area contributed by atoms with E-state index in [0.717, 1.165) is 22.9 Å². The molecule has 2 aromatic carbocycles. The minimum absolute atomic E-state index is 0.272. The summed E-state index contributed by atoms with van der Waals surface area (Å²) in [6, 6.07) is 13.5. The predicted molar refractivity (Wildman–Crippen MR) is 118 cm³/mol. The maximum atomic E-state index is 12.1. The minimum Gasteiger partial charge on any atom is -0.490 e. The molecular weight excluding hydrogens is 456 g/mol. The Morgan fingerprint density at radius 1 is 1.24 bits per heavy atom. The molecule has 0 bridgehead atoms. The zero-order chi connectivity index (χ0) is 20.8. The van der Waals surface area contributed by atoms with Gasteiger partial charge in [-0.3, -0.25) is 9.59 Å². The Bertz CT molecular complexity index is 990. The van der Waals surface area contributed by atoms with Gasteiger partial charge in [0.1, 0.15) is 6.61 Å². The molecule has 0 radical (unpaired) electrons. The number of nitrogens with zero attached hydrogens (tertiary/aromatic N) is 1. The summed E-state index contributed by atoms with van der Waals surface area (Å²) in [5, 5.41) is 2.81. The van der Waals surface area contributed by atoms with Crippen molar-refractivity contribution in [1.82, 2.24) is 5.32 Å². The fourth-order valence-corrected chi connectivity index (χ4v) is 4.00. The van der Waals surface area contributed by atoms with Gasteiger partial charge in [0.25, 0.3) is 5.91 Å². The molecule has 0 aromatic heterocycles. The number of aliphatic imine (C=N–C) groups is 1. The fraction of sp³-hybridized carbons (Fsp3) is 0.190. The molecule has 2 amide bonds. The second-order valence-electron chi connectivity index (χ2n) is 6.05. The van der Waals surface area contributed by atoms with E-state index in [2.05, 4.69) is 26.2 Å². The Balaban J connectivity index is 1.82. The van der Waals surface area contributed by atoms with Crippen LogP contribution in [0.15, 0.2) is 56.8 Å². The standard InChI is InChI=1S/C21H19BrN2O4S/c1-3-27-17-10-15(11-18-20(26)24-21(29-18)23-13(2)25)9-16(22)19(17)28-12-14-7-5-4-6-8-14/h4-11H,3,12H2,1-2H3,(H,23,24,25,26)/b18-11-. The second kappa shape index (κ2) is 9.76. The number of halogens is 1. The van der Waals surface area contributed by atoms with Gasteiger partial charge in [-0.2, -0.15) is 4.99 Å². The van der Waals surface area contributed by atoms with Crippen molar-refractivity contribution in [2.75, 3.05) is 6.61 Å². The summed E-state index contributed by atoms with van der Waals surface area (Å²) < 4.78 is 12.4. The van der Waals surface area contributed by atoms with Gasteiger partial charge in [-0.15, -0.1) is 0 Å². The number of thioether (sulfide) groups is 1. The zero-order valence-electron chi connectivity index (χ0n) is 15.9. The molecule has 3 rings (SSSR count). The van der Waals surface area contributed by atoms with Crippen molar-refractivity contribution in [1.29, 1.82) is 0 Å². The monoisotopic (exact) mass is 474 g/mol. The molecular formula is C21H19BrN2O4S. The molecule has 0 spiro atoms. The lowest BCUT2D eigenvalue weighted by atomic mass is 10.2. The Hall–Kier alpha value is -2.58. The van der Waals surface area contributed by atoms with E-state index in [1.807, 2.05) is 49.4 Å². The summed E-state index contributed by atoms with van der Waals surface area (Å²) in [6.45, 7) is 4.14. The third-order valence-electron chi connectivity index (χ3n) is 3.76. The van der Waals surface area contributed by atoms with E-state index in [9.17, 15) is 9.59 Å². The van der Waals surface area contributed by atoms with Crippen molar-refractivity contribution < 1.29 is 19.1 Å². The van der Waals surface area contributed by atoms with Crippen LogP contribution in [0.3, 0.4) is 0 Å². The van der Waals surface area contributed by atoms with Crippen molar-refractivity contribution in [3.63, 3.8) is 0 Å². The van der Waals surface area contributed by atoms with Crippen LogP contribution < -0.4 is 14.8 Å². The van der Waals surface area contributed by atoms with Crippen molar-refractivity contribution >= 4 is 50.7 Å². The van der Waals surface area contributed by atoms with Crippen molar-refractivity contribution in [3.8, 4) is 11.5 Å². The van der Waals surface area contributed by atoms with Crippen LogP contribution in [0.5, 0.6) is 11.5 Å². The molecule has 2 aromatic rings. The summed E-state index contributed by atoms with van der Waals surface area (Å²) in [4.78, 5) is 27.5. The number of nitrogens with one attached hydrogen (secondary N) is 1. The lowest BCUT2D eigenvalue weighted by molar-refractivity contribution is -0.117. The van der Waals surface area contributed by atoms with Crippen LogP contribution in [0.2, 0.25) is 0 Å². The minimum atomic E-state index is -0.391. The van der Waals surface area contributed by atoms with Gasteiger partial charge >= 0.3 is 0 Å². The van der Waals surface area contributed by atoms with Crippen LogP contribution in [0.1, 0.15) is 25.0 Å². The highest BCUT2D eigenvalue weighted by Crippen LogP contribution is 2.39. The number of rotatable bonds is 6. The van der Waals surface area contributed by atoms with Crippen molar-refractivity contribution in [2.24, 2.45) is 4.99 Å². The van der Waals surface area contributed by atoms with Crippen molar-refractivity contribution in [3.05, 3.63) is 63.0 Å². The van der Waals surface area contributed by atoms with E-state index < -0.39 is 5.91 Å². The summed E-state index contributed by atoms with van der Waals surface area (Å²) >= 11 is 4.66. The van der Waals surface area contributed by atoms with Crippen LogP contribution in [0, 0.1) is 0 Å². The third kappa shape index (κ3) is 5.71. The van der Waals surface area contributed by atoms with Gasteiger partial charge in [0.05, 0.1) is 16.0 Å². The molecule has 0 atom stereocenters. The van der Waals surface area contributed by atoms with E-state index >= 15 is 0 Å². The Morgan fingerprint density at radius 3 is 2.69 bits per heavy atom. The molecule has 0 fully saturated rings. The van der Waals surface area contributed by atoms with Gasteiger partial charge < -0.3 is 14.8 Å². The maximum absolute atomic E-state index is 12.1. The SMILES string of the molecule is CCOc1cc(/C=C2\SC(NC(C)=O)=NC2=O)cc(Br)c1OCc1ccccc1. The van der Waals surface area contributed by atoms with Crippen LogP contribution in [-0.2, 0) is 16.2 Å². The average molecular weight is 475 g/mol. The largest absolute Gasteiger partial charge is 0.490 e. The lowest BCUT2D eigenvalue weighted by Crippen LogP contribution is -2.23. The first-order valence-corrected chi connectivity index (χ1v) is 10.5. The Labute approximate surface area is 181 Å². The highest BCUT2D eigenvalue weighted by Gasteiger charge is 2.23. The van der Waals surface area contributed by atoms with E-state index in [1.54, 1.807) is 6.08 Å².